The molecule has 6 heteroatoms. The minimum atomic E-state index is -0.448. The Morgan fingerprint density at radius 3 is 2.76 bits per heavy atom. The molecule has 0 aliphatic heterocycles. The highest BCUT2D eigenvalue weighted by Crippen LogP contribution is 2.16. The van der Waals surface area contributed by atoms with Crippen LogP contribution in [0, 0.1) is 10.1 Å². The summed E-state index contributed by atoms with van der Waals surface area (Å²) in [7, 11) is 3.38. The molecule has 1 aromatic rings. The highest BCUT2D eigenvalue weighted by atomic mass is 16.6. The van der Waals surface area contributed by atoms with Gasteiger partial charge in [-0.3, -0.25) is 14.9 Å². The number of carbonyl (C=O) groups excluding carboxylic acids is 1. The number of nitrogens with one attached hydrogen (secondary N) is 1. The van der Waals surface area contributed by atoms with Crippen molar-refractivity contribution in [2.24, 2.45) is 0 Å². The molecule has 1 amide bonds. The van der Waals surface area contributed by atoms with E-state index in [9.17, 15) is 14.9 Å². The third kappa shape index (κ3) is 4.10. The van der Waals surface area contributed by atoms with E-state index in [0.29, 0.717) is 18.7 Å². The Morgan fingerprint density at radius 1 is 1.47 bits per heavy atom. The summed E-state index contributed by atoms with van der Waals surface area (Å²) in [6, 6.07) is 6.21. The monoisotopic (exact) mass is 237 g/mol. The first-order valence-corrected chi connectivity index (χ1v) is 5.19. The number of nitro groups is 1. The van der Waals surface area contributed by atoms with Crippen LogP contribution in [-0.4, -0.2) is 36.4 Å². The summed E-state index contributed by atoms with van der Waals surface area (Å²) >= 11 is 0. The molecular weight excluding hydrogens is 222 g/mol. The highest BCUT2D eigenvalue weighted by Gasteiger charge is 2.06. The second kappa shape index (κ2) is 5.83. The summed E-state index contributed by atoms with van der Waals surface area (Å²) in [6.45, 7) is 0.457. The quantitative estimate of drug-likeness (QED) is 0.621. The van der Waals surface area contributed by atoms with Crippen molar-refractivity contribution in [3.8, 4) is 0 Å². The SMILES string of the molecule is CN(C)C(=O)CCNc1cccc([N+](=O)[O-])c1. The summed E-state index contributed by atoms with van der Waals surface area (Å²) in [4.78, 5) is 22.9. The Labute approximate surface area is 99.4 Å². The second-order valence-corrected chi connectivity index (χ2v) is 3.77. The van der Waals surface area contributed by atoms with Crippen LogP contribution in [-0.2, 0) is 4.79 Å². The van der Waals surface area contributed by atoms with Gasteiger partial charge in [0.25, 0.3) is 5.69 Å². The number of non-ortho nitro benzene ring substituents is 1. The van der Waals surface area contributed by atoms with E-state index >= 15 is 0 Å². The third-order valence-corrected chi connectivity index (χ3v) is 2.22. The first kappa shape index (κ1) is 13.0. The van der Waals surface area contributed by atoms with Gasteiger partial charge in [-0.05, 0) is 6.07 Å². The molecule has 0 saturated carbocycles. The lowest BCUT2D eigenvalue weighted by molar-refractivity contribution is -0.384. The number of hydrogen-bond donors (Lipinski definition) is 1. The summed E-state index contributed by atoms with van der Waals surface area (Å²) in [6.07, 6.45) is 0.357. The molecule has 0 aromatic heterocycles. The smallest absolute Gasteiger partial charge is 0.271 e. The second-order valence-electron chi connectivity index (χ2n) is 3.77. The van der Waals surface area contributed by atoms with E-state index < -0.39 is 4.92 Å². The molecule has 1 rings (SSSR count). The molecule has 1 N–H and O–H groups in total. The van der Waals surface area contributed by atoms with Gasteiger partial charge in [-0.25, -0.2) is 0 Å². The molecule has 0 atom stereocenters. The van der Waals surface area contributed by atoms with E-state index in [1.54, 1.807) is 26.2 Å². The zero-order valence-corrected chi connectivity index (χ0v) is 9.84. The Kier molecular flexibility index (Phi) is 4.45. The lowest BCUT2D eigenvalue weighted by Gasteiger charge is -2.10. The Bertz CT molecular complexity index is 418. The number of nitrogens with zero attached hydrogens (tertiary/aromatic N) is 2. The highest BCUT2D eigenvalue weighted by molar-refractivity contribution is 5.76. The summed E-state index contributed by atoms with van der Waals surface area (Å²) in [5.74, 6) is 0.0166. The first-order chi connectivity index (χ1) is 8.00. The lowest BCUT2D eigenvalue weighted by atomic mass is 10.2. The number of nitro benzene ring substituents is 1. The number of carbonyl (C=O) groups is 1. The van der Waals surface area contributed by atoms with Gasteiger partial charge in [-0.15, -0.1) is 0 Å². The van der Waals surface area contributed by atoms with Crippen molar-refractivity contribution in [2.75, 3.05) is 26.0 Å². The van der Waals surface area contributed by atoms with Crippen LogP contribution >= 0.6 is 0 Å². The molecule has 0 saturated heterocycles. The van der Waals surface area contributed by atoms with Crippen LogP contribution < -0.4 is 5.32 Å². The fraction of sp³-hybridized carbons (Fsp3) is 0.364. The molecule has 0 radical (unpaired) electrons. The van der Waals surface area contributed by atoms with E-state index in [1.165, 1.54) is 17.0 Å². The molecule has 0 aliphatic carbocycles. The predicted molar refractivity (Wildman–Crippen MR) is 64.9 cm³/mol. The van der Waals surface area contributed by atoms with Crippen LogP contribution in [0.15, 0.2) is 24.3 Å². The van der Waals surface area contributed by atoms with Crippen LogP contribution in [0.4, 0.5) is 11.4 Å². The molecule has 17 heavy (non-hydrogen) atoms. The average molecular weight is 237 g/mol. The van der Waals surface area contributed by atoms with E-state index in [-0.39, 0.29) is 11.6 Å². The molecule has 0 fully saturated rings. The lowest BCUT2D eigenvalue weighted by Crippen LogP contribution is -2.23. The van der Waals surface area contributed by atoms with Crippen LogP contribution in [0.25, 0.3) is 0 Å². The molecule has 0 unspecified atom stereocenters. The van der Waals surface area contributed by atoms with Gasteiger partial charge in [0.05, 0.1) is 4.92 Å². The first-order valence-electron chi connectivity index (χ1n) is 5.19. The predicted octanol–water partition coefficient (Wildman–Crippen LogP) is 1.48. The van der Waals surface area contributed by atoms with Gasteiger partial charge in [0.2, 0.25) is 5.91 Å². The minimum Gasteiger partial charge on any atom is -0.384 e. The van der Waals surface area contributed by atoms with Crippen molar-refractivity contribution in [2.45, 2.75) is 6.42 Å². The summed E-state index contributed by atoms with van der Waals surface area (Å²) < 4.78 is 0. The Morgan fingerprint density at radius 2 is 2.18 bits per heavy atom. The van der Waals surface area contributed by atoms with Gasteiger partial charge >= 0.3 is 0 Å². The molecule has 1 aromatic carbocycles. The number of anilines is 1. The standard InChI is InChI=1S/C11H15N3O3/c1-13(2)11(15)6-7-12-9-4-3-5-10(8-9)14(16)17/h3-5,8,12H,6-7H2,1-2H3. The van der Waals surface area contributed by atoms with E-state index in [0.717, 1.165) is 0 Å². The maximum atomic E-state index is 11.3. The van der Waals surface area contributed by atoms with Crippen molar-refractivity contribution in [3.05, 3.63) is 34.4 Å². The molecule has 0 heterocycles. The van der Waals surface area contributed by atoms with Crippen molar-refractivity contribution in [1.82, 2.24) is 4.90 Å². The van der Waals surface area contributed by atoms with Crippen LogP contribution in [0.2, 0.25) is 0 Å². The molecule has 0 spiro atoms. The fourth-order valence-corrected chi connectivity index (χ4v) is 1.27. The number of rotatable bonds is 5. The number of hydrogen-bond acceptors (Lipinski definition) is 4. The van der Waals surface area contributed by atoms with Crippen molar-refractivity contribution in [1.29, 1.82) is 0 Å². The van der Waals surface area contributed by atoms with E-state index in [1.807, 2.05) is 0 Å². The van der Waals surface area contributed by atoms with Gasteiger partial charge in [-0.1, -0.05) is 6.07 Å². The molecule has 0 bridgehead atoms. The molecule has 0 aliphatic rings. The van der Waals surface area contributed by atoms with Crippen molar-refractivity contribution >= 4 is 17.3 Å². The maximum Gasteiger partial charge on any atom is 0.271 e. The maximum absolute atomic E-state index is 11.3. The summed E-state index contributed by atoms with van der Waals surface area (Å²) in [5.41, 5.74) is 0.680. The van der Waals surface area contributed by atoms with E-state index in [4.69, 9.17) is 0 Å². The van der Waals surface area contributed by atoms with Crippen LogP contribution in [0.5, 0.6) is 0 Å². The van der Waals surface area contributed by atoms with Gasteiger partial charge < -0.3 is 10.2 Å². The molecule has 92 valence electrons. The average Bonchev–Trinajstić information content (AvgIpc) is 2.29. The van der Waals surface area contributed by atoms with Gasteiger partial charge in [-0.2, -0.15) is 0 Å². The fourth-order valence-electron chi connectivity index (χ4n) is 1.27. The Hall–Kier alpha value is -2.11. The van der Waals surface area contributed by atoms with Gasteiger partial charge in [0.15, 0.2) is 0 Å². The number of amides is 1. The molecule has 6 nitrogen and oxygen atoms in total. The third-order valence-electron chi connectivity index (χ3n) is 2.22. The normalized spacial score (nSPS) is 9.76. The number of benzene rings is 1. The van der Waals surface area contributed by atoms with Crippen LogP contribution in [0.1, 0.15) is 6.42 Å². The summed E-state index contributed by atoms with van der Waals surface area (Å²) in [5, 5.41) is 13.5. The van der Waals surface area contributed by atoms with Gasteiger partial charge in [0, 0.05) is 44.9 Å². The topological polar surface area (TPSA) is 75.5 Å². The van der Waals surface area contributed by atoms with Crippen molar-refractivity contribution in [3.63, 3.8) is 0 Å². The van der Waals surface area contributed by atoms with E-state index in [2.05, 4.69) is 5.32 Å². The minimum absolute atomic E-state index is 0.0166. The zero-order valence-electron chi connectivity index (χ0n) is 9.84. The Balaban J connectivity index is 2.50. The van der Waals surface area contributed by atoms with Crippen LogP contribution in [0.3, 0.4) is 0 Å². The zero-order chi connectivity index (χ0) is 12.8. The largest absolute Gasteiger partial charge is 0.384 e. The van der Waals surface area contributed by atoms with Gasteiger partial charge in [0.1, 0.15) is 0 Å². The molecular formula is C11H15N3O3. The van der Waals surface area contributed by atoms with Crippen molar-refractivity contribution < 1.29 is 9.72 Å².